The van der Waals surface area contributed by atoms with E-state index in [9.17, 15) is 14.4 Å². The molecule has 0 aliphatic carbocycles. The molecule has 0 fully saturated rings. The van der Waals surface area contributed by atoms with Gasteiger partial charge in [-0.1, -0.05) is 78.1 Å². The summed E-state index contributed by atoms with van der Waals surface area (Å²) in [5.41, 5.74) is 1.26. The first-order valence-corrected chi connectivity index (χ1v) is 14.1. The number of rotatable bonds is 15. The summed E-state index contributed by atoms with van der Waals surface area (Å²) in [6, 6.07) is 6.35. The summed E-state index contributed by atoms with van der Waals surface area (Å²) >= 11 is 0. The monoisotopic (exact) mass is 517 g/mol. The second kappa shape index (κ2) is 16.3. The Labute approximate surface area is 225 Å². The highest BCUT2D eigenvalue weighted by Crippen LogP contribution is 2.25. The Bertz CT molecular complexity index is 830. The van der Waals surface area contributed by atoms with Crippen molar-refractivity contribution in [1.82, 2.24) is 15.5 Å². The SMILES string of the molecule is CCCCCN(C(=O)C(CC(C)C)NC(=O)OC(C)(C)C)C(C(=O)NCCCC)c1ccc(CC)cc1. The van der Waals surface area contributed by atoms with Gasteiger partial charge in [-0.05, 0) is 63.5 Å². The smallest absolute Gasteiger partial charge is 0.408 e. The molecule has 210 valence electrons. The first-order valence-electron chi connectivity index (χ1n) is 14.1. The maximum absolute atomic E-state index is 14.1. The van der Waals surface area contributed by atoms with E-state index in [1.54, 1.807) is 25.7 Å². The van der Waals surface area contributed by atoms with E-state index in [1.807, 2.05) is 38.1 Å². The van der Waals surface area contributed by atoms with E-state index in [1.165, 1.54) is 5.56 Å². The molecule has 0 aliphatic rings. The number of nitrogens with zero attached hydrogens (tertiary/aromatic N) is 1. The molecule has 0 bridgehead atoms. The fourth-order valence-electron chi connectivity index (χ4n) is 4.14. The number of hydrogen-bond donors (Lipinski definition) is 2. The van der Waals surface area contributed by atoms with E-state index in [0.29, 0.717) is 19.5 Å². The number of amides is 3. The lowest BCUT2D eigenvalue weighted by molar-refractivity contribution is -0.143. The fraction of sp³-hybridized carbons (Fsp3) is 0.700. The van der Waals surface area contributed by atoms with Gasteiger partial charge in [0.25, 0.3) is 0 Å². The molecule has 1 aromatic rings. The van der Waals surface area contributed by atoms with Gasteiger partial charge in [0.1, 0.15) is 17.7 Å². The topological polar surface area (TPSA) is 87.7 Å². The molecule has 7 nitrogen and oxygen atoms in total. The molecule has 0 saturated heterocycles. The lowest BCUT2D eigenvalue weighted by atomic mass is 9.97. The van der Waals surface area contributed by atoms with Gasteiger partial charge in [0.05, 0.1) is 0 Å². The summed E-state index contributed by atoms with van der Waals surface area (Å²) < 4.78 is 5.46. The minimum absolute atomic E-state index is 0.155. The van der Waals surface area contributed by atoms with Crippen LogP contribution in [0.2, 0.25) is 0 Å². The number of hydrogen-bond acceptors (Lipinski definition) is 4. The van der Waals surface area contributed by atoms with Crippen molar-refractivity contribution in [3.63, 3.8) is 0 Å². The lowest BCUT2D eigenvalue weighted by Gasteiger charge is -2.35. The van der Waals surface area contributed by atoms with Crippen LogP contribution in [-0.2, 0) is 20.7 Å². The van der Waals surface area contributed by atoms with Gasteiger partial charge in [-0.25, -0.2) is 4.79 Å². The molecule has 1 rings (SSSR count). The minimum Gasteiger partial charge on any atom is -0.444 e. The van der Waals surface area contributed by atoms with Gasteiger partial charge in [-0.3, -0.25) is 9.59 Å². The van der Waals surface area contributed by atoms with Crippen LogP contribution in [0.3, 0.4) is 0 Å². The van der Waals surface area contributed by atoms with E-state index in [0.717, 1.165) is 44.1 Å². The Morgan fingerprint density at radius 2 is 1.57 bits per heavy atom. The number of alkyl carbamates (subject to hydrolysis) is 1. The van der Waals surface area contributed by atoms with Crippen LogP contribution in [0.1, 0.15) is 111 Å². The summed E-state index contributed by atoms with van der Waals surface area (Å²) in [4.78, 5) is 42.1. The Morgan fingerprint density at radius 3 is 2.08 bits per heavy atom. The Hall–Kier alpha value is -2.57. The molecule has 1 aromatic carbocycles. The number of unbranched alkanes of at least 4 members (excludes halogenated alkanes) is 3. The number of nitrogens with one attached hydrogen (secondary N) is 2. The maximum Gasteiger partial charge on any atom is 0.408 e. The average molecular weight is 518 g/mol. The first kappa shape index (κ1) is 32.5. The van der Waals surface area contributed by atoms with E-state index < -0.39 is 23.8 Å². The molecule has 0 radical (unpaired) electrons. The minimum atomic E-state index is -0.794. The molecule has 37 heavy (non-hydrogen) atoms. The zero-order valence-corrected chi connectivity index (χ0v) is 24.5. The van der Waals surface area contributed by atoms with Crippen molar-refractivity contribution in [2.24, 2.45) is 5.92 Å². The molecular weight excluding hydrogens is 466 g/mol. The third kappa shape index (κ3) is 12.0. The number of aryl methyl sites for hydroxylation is 1. The van der Waals surface area contributed by atoms with Crippen LogP contribution in [-0.4, -0.2) is 47.5 Å². The molecule has 0 aliphatic heterocycles. The van der Waals surface area contributed by atoms with Crippen LogP contribution in [0.15, 0.2) is 24.3 Å². The molecule has 7 heteroatoms. The van der Waals surface area contributed by atoms with Crippen molar-refractivity contribution in [2.75, 3.05) is 13.1 Å². The molecule has 0 saturated carbocycles. The zero-order valence-electron chi connectivity index (χ0n) is 24.5. The van der Waals surface area contributed by atoms with Gasteiger partial charge < -0.3 is 20.3 Å². The lowest BCUT2D eigenvalue weighted by Crippen LogP contribution is -2.53. The standard InChI is InChI=1S/C30H51N3O4/c1-9-12-14-20-33(28(35)25(21-22(4)5)32-29(36)37-30(6,7)8)26(27(34)31-19-13-10-2)24-17-15-23(11-3)16-18-24/h15-18,22,25-26H,9-14,19-21H2,1-8H3,(H,31,34)(H,32,36). The van der Waals surface area contributed by atoms with Gasteiger partial charge in [-0.2, -0.15) is 0 Å². The number of carbonyl (C=O) groups excluding carboxylic acids is 3. The van der Waals surface area contributed by atoms with Crippen molar-refractivity contribution in [3.05, 3.63) is 35.4 Å². The Morgan fingerprint density at radius 1 is 0.946 bits per heavy atom. The summed E-state index contributed by atoms with van der Waals surface area (Å²) in [5.74, 6) is -0.295. The van der Waals surface area contributed by atoms with Crippen LogP contribution in [0.5, 0.6) is 0 Å². The molecule has 0 spiro atoms. The van der Waals surface area contributed by atoms with Crippen LogP contribution in [0, 0.1) is 5.92 Å². The Kier molecular flexibility index (Phi) is 14.3. The number of ether oxygens (including phenoxy) is 1. The van der Waals surface area contributed by atoms with Gasteiger partial charge in [-0.15, -0.1) is 0 Å². The summed E-state index contributed by atoms with van der Waals surface area (Å²) in [5, 5.41) is 5.85. The molecule has 2 N–H and O–H groups in total. The highest BCUT2D eigenvalue weighted by atomic mass is 16.6. The van der Waals surface area contributed by atoms with Gasteiger partial charge in [0.15, 0.2) is 0 Å². The van der Waals surface area contributed by atoms with Crippen molar-refractivity contribution in [2.45, 2.75) is 118 Å². The summed E-state index contributed by atoms with van der Waals surface area (Å²) in [7, 11) is 0. The second-order valence-electron chi connectivity index (χ2n) is 11.2. The normalized spacial score (nSPS) is 13.1. The first-order chi connectivity index (χ1) is 17.4. The fourth-order valence-corrected chi connectivity index (χ4v) is 4.14. The van der Waals surface area contributed by atoms with E-state index >= 15 is 0 Å². The van der Waals surface area contributed by atoms with Gasteiger partial charge in [0, 0.05) is 13.1 Å². The molecule has 0 aromatic heterocycles. The predicted molar refractivity (Wildman–Crippen MR) is 150 cm³/mol. The highest BCUT2D eigenvalue weighted by Gasteiger charge is 2.36. The molecule has 0 heterocycles. The van der Waals surface area contributed by atoms with Crippen molar-refractivity contribution in [1.29, 1.82) is 0 Å². The molecule has 3 amide bonds. The highest BCUT2D eigenvalue weighted by molar-refractivity contribution is 5.92. The summed E-state index contributed by atoms with van der Waals surface area (Å²) in [6.45, 7) is 16.7. The average Bonchev–Trinajstić information content (AvgIpc) is 2.81. The van der Waals surface area contributed by atoms with Gasteiger partial charge >= 0.3 is 6.09 Å². The van der Waals surface area contributed by atoms with E-state index in [2.05, 4.69) is 31.4 Å². The molecule has 2 atom stereocenters. The number of benzene rings is 1. The van der Waals surface area contributed by atoms with Crippen LogP contribution in [0.25, 0.3) is 0 Å². The van der Waals surface area contributed by atoms with E-state index in [-0.39, 0.29) is 17.7 Å². The van der Waals surface area contributed by atoms with Crippen molar-refractivity contribution < 1.29 is 19.1 Å². The predicted octanol–water partition coefficient (Wildman–Crippen LogP) is 6.16. The molecular formula is C30H51N3O4. The Balaban J connectivity index is 3.44. The van der Waals surface area contributed by atoms with E-state index in [4.69, 9.17) is 4.74 Å². The summed E-state index contributed by atoms with van der Waals surface area (Å²) in [6.07, 6.45) is 5.25. The third-order valence-corrected chi connectivity index (χ3v) is 6.08. The van der Waals surface area contributed by atoms with Crippen molar-refractivity contribution in [3.8, 4) is 0 Å². The largest absolute Gasteiger partial charge is 0.444 e. The van der Waals surface area contributed by atoms with Crippen LogP contribution >= 0.6 is 0 Å². The van der Waals surface area contributed by atoms with Crippen molar-refractivity contribution >= 4 is 17.9 Å². The maximum atomic E-state index is 14.1. The second-order valence-corrected chi connectivity index (χ2v) is 11.2. The quantitative estimate of drug-likeness (QED) is 0.273. The third-order valence-electron chi connectivity index (χ3n) is 6.08. The zero-order chi connectivity index (χ0) is 28.0. The van der Waals surface area contributed by atoms with Gasteiger partial charge in [0.2, 0.25) is 11.8 Å². The number of carbonyl (C=O) groups is 3. The van der Waals surface area contributed by atoms with Crippen LogP contribution < -0.4 is 10.6 Å². The van der Waals surface area contributed by atoms with Crippen LogP contribution in [0.4, 0.5) is 4.79 Å². The molecule has 2 unspecified atom stereocenters.